The zero-order valence-corrected chi connectivity index (χ0v) is 12.2. The van der Waals surface area contributed by atoms with Crippen LogP contribution in [0.1, 0.15) is 31.5 Å². The van der Waals surface area contributed by atoms with E-state index in [1.807, 2.05) is 44.0 Å². The largest absolute Gasteiger partial charge is 0.406 e. The molecule has 0 fully saturated rings. The number of anilines is 1. The minimum Gasteiger partial charge on any atom is -0.406 e. The first-order chi connectivity index (χ1) is 9.70. The van der Waals surface area contributed by atoms with Crippen LogP contribution in [0.15, 0.2) is 28.8 Å². The Labute approximate surface area is 119 Å². The van der Waals surface area contributed by atoms with Gasteiger partial charge in [0.2, 0.25) is 5.89 Å². The van der Waals surface area contributed by atoms with E-state index < -0.39 is 0 Å². The third-order valence-corrected chi connectivity index (χ3v) is 3.07. The Balaban J connectivity index is 1.91. The minimum absolute atomic E-state index is 0.0745. The van der Waals surface area contributed by atoms with Crippen molar-refractivity contribution in [3.05, 3.63) is 36.0 Å². The molecule has 0 aliphatic carbocycles. The third-order valence-electron chi connectivity index (χ3n) is 3.07. The van der Waals surface area contributed by atoms with E-state index in [1.165, 1.54) is 0 Å². The monoisotopic (exact) mass is 275 g/mol. The maximum Gasteiger partial charge on any atom is 0.317 e. The van der Waals surface area contributed by atoms with Gasteiger partial charge in [0.15, 0.2) is 0 Å². The topological polar surface area (TPSA) is 67.1 Å². The van der Waals surface area contributed by atoms with Crippen molar-refractivity contribution >= 4 is 6.01 Å². The van der Waals surface area contributed by atoms with Gasteiger partial charge in [0.1, 0.15) is 0 Å². The van der Waals surface area contributed by atoms with Crippen LogP contribution in [0.4, 0.5) is 6.01 Å². The summed E-state index contributed by atoms with van der Waals surface area (Å²) in [7, 11) is 1.94. The molecule has 108 valence electrons. The van der Waals surface area contributed by atoms with Crippen molar-refractivity contribution < 1.29 is 4.42 Å². The van der Waals surface area contributed by atoms with E-state index in [0.29, 0.717) is 11.9 Å². The van der Waals surface area contributed by atoms with Crippen LogP contribution < -0.4 is 10.2 Å². The molecule has 0 radical (unpaired) electrons. The lowest BCUT2D eigenvalue weighted by atomic mass is 10.2. The molecule has 0 saturated heterocycles. The van der Waals surface area contributed by atoms with Gasteiger partial charge in [0.05, 0.1) is 6.04 Å². The van der Waals surface area contributed by atoms with Gasteiger partial charge in [-0.05, 0) is 25.6 Å². The van der Waals surface area contributed by atoms with Crippen LogP contribution in [-0.2, 0) is 6.42 Å². The van der Waals surface area contributed by atoms with E-state index in [0.717, 1.165) is 25.2 Å². The lowest BCUT2D eigenvalue weighted by Crippen LogP contribution is -2.21. The molecule has 0 amide bonds. The zero-order chi connectivity index (χ0) is 14.4. The van der Waals surface area contributed by atoms with Gasteiger partial charge in [-0.2, -0.15) is 0 Å². The summed E-state index contributed by atoms with van der Waals surface area (Å²) in [6, 6.07) is 6.54. The molecule has 2 heterocycles. The summed E-state index contributed by atoms with van der Waals surface area (Å²) < 4.78 is 5.67. The second kappa shape index (κ2) is 7.00. The SMILES string of the molecule is CCNC(C)c1nnc(N(C)CCc2ccccn2)o1. The van der Waals surface area contributed by atoms with E-state index >= 15 is 0 Å². The Bertz CT molecular complexity index is 513. The summed E-state index contributed by atoms with van der Waals surface area (Å²) in [5.74, 6) is 0.617. The smallest absolute Gasteiger partial charge is 0.317 e. The molecular weight excluding hydrogens is 254 g/mol. The van der Waals surface area contributed by atoms with Crippen LogP contribution in [0, 0.1) is 0 Å². The fourth-order valence-electron chi connectivity index (χ4n) is 1.87. The van der Waals surface area contributed by atoms with Crippen molar-refractivity contribution in [3.63, 3.8) is 0 Å². The van der Waals surface area contributed by atoms with E-state index in [-0.39, 0.29) is 6.04 Å². The Kier molecular flexibility index (Phi) is 5.06. The first-order valence-electron chi connectivity index (χ1n) is 6.88. The van der Waals surface area contributed by atoms with E-state index in [2.05, 4.69) is 20.5 Å². The van der Waals surface area contributed by atoms with Gasteiger partial charge in [-0.15, -0.1) is 5.10 Å². The average molecular weight is 275 g/mol. The molecular formula is C14H21N5O. The summed E-state index contributed by atoms with van der Waals surface area (Å²) in [4.78, 5) is 6.25. The van der Waals surface area contributed by atoms with Gasteiger partial charge in [-0.3, -0.25) is 4.98 Å². The summed E-state index contributed by atoms with van der Waals surface area (Å²) in [6.45, 7) is 5.71. The van der Waals surface area contributed by atoms with Crippen molar-refractivity contribution in [2.45, 2.75) is 26.3 Å². The van der Waals surface area contributed by atoms with Crippen molar-refractivity contribution in [1.29, 1.82) is 0 Å². The van der Waals surface area contributed by atoms with Gasteiger partial charge in [0, 0.05) is 31.9 Å². The lowest BCUT2D eigenvalue weighted by Gasteiger charge is -2.13. The van der Waals surface area contributed by atoms with Gasteiger partial charge < -0.3 is 14.6 Å². The molecule has 0 bridgehead atoms. The molecule has 6 heteroatoms. The summed E-state index contributed by atoms with van der Waals surface area (Å²) in [6.07, 6.45) is 2.65. The van der Waals surface area contributed by atoms with E-state index in [1.54, 1.807) is 6.20 Å². The molecule has 0 aliphatic rings. The molecule has 1 atom stereocenters. The Morgan fingerprint density at radius 1 is 1.35 bits per heavy atom. The number of hydrogen-bond acceptors (Lipinski definition) is 6. The van der Waals surface area contributed by atoms with Gasteiger partial charge in [-0.25, -0.2) is 0 Å². The van der Waals surface area contributed by atoms with Crippen molar-refractivity contribution in [2.75, 3.05) is 25.0 Å². The maximum absolute atomic E-state index is 5.67. The highest BCUT2D eigenvalue weighted by atomic mass is 16.4. The highest BCUT2D eigenvalue weighted by Gasteiger charge is 2.15. The number of hydrogen-bond donors (Lipinski definition) is 1. The fraction of sp³-hybridized carbons (Fsp3) is 0.500. The summed E-state index contributed by atoms with van der Waals surface area (Å²) >= 11 is 0. The molecule has 0 spiro atoms. The fourth-order valence-corrected chi connectivity index (χ4v) is 1.87. The Hall–Kier alpha value is -1.95. The second-order valence-corrected chi connectivity index (χ2v) is 4.69. The first-order valence-corrected chi connectivity index (χ1v) is 6.88. The predicted octanol–water partition coefficient (Wildman–Crippen LogP) is 1.81. The predicted molar refractivity (Wildman–Crippen MR) is 77.6 cm³/mol. The highest BCUT2D eigenvalue weighted by molar-refractivity contribution is 5.23. The number of nitrogens with one attached hydrogen (secondary N) is 1. The van der Waals surface area contributed by atoms with Crippen LogP contribution >= 0.6 is 0 Å². The first kappa shape index (κ1) is 14.5. The van der Waals surface area contributed by atoms with E-state index in [4.69, 9.17) is 4.42 Å². The summed E-state index contributed by atoms with van der Waals surface area (Å²) in [5.41, 5.74) is 1.06. The number of likely N-dealkylation sites (N-methyl/N-ethyl adjacent to an activating group) is 1. The third kappa shape index (κ3) is 3.77. The normalized spacial score (nSPS) is 12.3. The number of rotatable bonds is 7. The lowest BCUT2D eigenvalue weighted by molar-refractivity contribution is 0.421. The molecule has 20 heavy (non-hydrogen) atoms. The van der Waals surface area contributed by atoms with Crippen molar-refractivity contribution in [3.8, 4) is 0 Å². The summed E-state index contributed by atoms with van der Waals surface area (Å²) in [5, 5.41) is 11.4. The van der Waals surface area contributed by atoms with Gasteiger partial charge in [0.25, 0.3) is 0 Å². The van der Waals surface area contributed by atoms with Crippen LogP contribution in [-0.4, -0.2) is 35.3 Å². The zero-order valence-electron chi connectivity index (χ0n) is 12.2. The van der Waals surface area contributed by atoms with E-state index in [9.17, 15) is 0 Å². The molecule has 1 N–H and O–H groups in total. The standard InChI is InChI=1S/C14H21N5O/c1-4-15-11(2)13-17-18-14(20-13)19(3)10-8-12-7-5-6-9-16-12/h5-7,9,11,15H,4,8,10H2,1-3H3. The molecule has 0 aromatic carbocycles. The van der Waals surface area contributed by atoms with Crippen molar-refractivity contribution in [2.24, 2.45) is 0 Å². The maximum atomic E-state index is 5.67. The van der Waals surface area contributed by atoms with Crippen molar-refractivity contribution in [1.82, 2.24) is 20.5 Å². The van der Waals surface area contributed by atoms with Gasteiger partial charge in [-0.1, -0.05) is 18.1 Å². The number of aromatic nitrogens is 3. The molecule has 2 aromatic rings. The molecule has 2 rings (SSSR count). The molecule has 2 aromatic heterocycles. The molecule has 0 aliphatic heterocycles. The average Bonchev–Trinajstić information content (AvgIpc) is 2.96. The number of nitrogens with zero attached hydrogens (tertiary/aromatic N) is 4. The Morgan fingerprint density at radius 3 is 2.90 bits per heavy atom. The highest BCUT2D eigenvalue weighted by Crippen LogP contribution is 2.16. The van der Waals surface area contributed by atoms with Crippen LogP contribution in [0.25, 0.3) is 0 Å². The molecule has 6 nitrogen and oxygen atoms in total. The Morgan fingerprint density at radius 2 is 2.20 bits per heavy atom. The minimum atomic E-state index is 0.0745. The van der Waals surface area contributed by atoms with Crippen LogP contribution in [0.3, 0.4) is 0 Å². The van der Waals surface area contributed by atoms with Gasteiger partial charge >= 0.3 is 6.01 Å². The van der Waals surface area contributed by atoms with Crippen LogP contribution in [0.5, 0.6) is 0 Å². The number of pyridine rings is 1. The molecule has 1 unspecified atom stereocenters. The second-order valence-electron chi connectivity index (χ2n) is 4.69. The van der Waals surface area contributed by atoms with Crippen LogP contribution in [0.2, 0.25) is 0 Å². The molecule has 0 saturated carbocycles. The quantitative estimate of drug-likeness (QED) is 0.831.